The largest absolute Gasteiger partial charge is 0.791 e. The van der Waals surface area contributed by atoms with Crippen LogP contribution in [0, 0.1) is 0 Å². The molecule has 11 heavy (non-hydrogen) atoms. The Morgan fingerprint density at radius 2 is 1.55 bits per heavy atom. The minimum absolute atomic E-state index is 0. The van der Waals surface area contributed by atoms with Crippen molar-refractivity contribution in [1.82, 2.24) is 4.90 Å². The van der Waals surface area contributed by atoms with E-state index in [1.807, 2.05) is 0 Å². The molecule has 1 radical (unpaired) electrons. The standard InChI is InChI=1S/C8H17NS.Y/c10-8-7-9-5-3-1-2-4-6-9;/h10H,1-8H2;/p-1. The second-order valence-electron chi connectivity index (χ2n) is 2.96. The van der Waals surface area contributed by atoms with Gasteiger partial charge in [0.1, 0.15) is 0 Å². The van der Waals surface area contributed by atoms with Gasteiger partial charge in [-0.05, 0) is 32.5 Å². The Morgan fingerprint density at radius 1 is 1.00 bits per heavy atom. The van der Waals surface area contributed by atoms with Gasteiger partial charge in [-0.2, -0.15) is 5.75 Å². The molecule has 1 heterocycles. The van der Waals surface area contributed by atoms with Crippen LogP contribution in [0.2, 0.25) is 0 Å². The minimum atomic E-state index is 0. The summed E-state index contributed by atoms with van der Waals surface area (Å²) in [5.74, 6) is 0.903. The van der Waals surface area contributed by atoms with Gasteiger partial charge in [0.2, 0.25) is 0 Å². The molecule has 1 nitrogen and oxygen atoms in total. The van der Waals surface area contributed by atoms with Gasteiger partial charge in [0.05, 0.1) is 0 Å². The van der Waals surface area contributed by atoms with Crippen molar-refractivity contribution in [2.75, 3.05) is 25.4 Å². The van der Waals surface area contributed by atoms with Crippen molar-refractivity contribution in [1.29, 1.82) is 0 Å². The molecule has 0 atom stereocenters. The summed E-state index contributed by atoms with van der Waals surface area (Å²) < 4.78 is 0. The zero-order valence-corrected chi connectivity index (χ0v) is 10.7. The van der Waals surface area contributed by atoms with Gasteiger partial charge in [0.15, 0.2) is 0 Å². The molecule has 1 rings (SSSR count). The molecule has 1 saturated heterocycles. The van der Waals surface area contributed by atoms with Crippen LogP contribution in [0.1, 0.15) is 25.7 Å². The van der Waals surface area contributed by atoms with Crippen molar-refractivity contribution in [2.45, 2.75) is 25.7 Å². The average Bonchev–Trinajstić information content (AvgIpc) is 2.17. The molecule has 0 aromatic rings. The van der Waals surface area contributed by atoms with E-state index in [-0.39, 0.29) is 32.7 Å². The minimum Gasteiger partial charge on any atom is -0.791 e. The van der Waals surface area contributed by atoms with Crippen LogP contribution in [-0.2, 0) is 45.3 Å². The van der Waals surface area contributed by atoms with Gasteiger partial charge >= 0.3 is 0 Å². The first-order valence-corrected chi connectivity index (χ1v) is 4.81. The number of hydrogen-bond acceptors (Lipinski definition) is 2. The molecule has 0 spiro atoms. The van der Waals surface area contributed by atoms with Crippen LogP contribution in [0.15, 0.2) is 0 Å². The molecule has 0 aromatic carbocycles. The Morgan fingerprint density at radius 3 is 2.00 bits per heavy atom. The number of hydrogen-bond donors (Lipinski definition) is 0. The third-order valence-corrected chi connectivity index (χ3v) is 2.29. The van der Waals surface area contributed by atoms with Crippen LogP contribution in [0.4, 0.5) is 0 Å². The van der Waals surface area contributed by atoms with E-state index in [4.69, 9.17) is 12.6 Å². The van der Waals surface area contributed by atoms with Crippen molar-refractivity contribution in [3.05, 3.63) is 0 Å². The molecule has 3 heteroatoms. The summed E-state index contributed by atoms with van der Waals surface area (Å²) in [7, 11) is 0. The van der Waals surface area contributed by atoms with E-state index in [9.17, 15) is 0 Å². The fourth-order valence-electron chi connectivity index (χ4n) is 1.49. The van der Waals surface area contributed by atoms with E-state index in [2.05, 4.69) is 4.90 Å². The smallest absolute Gasteiger partial charge is 0 e. The SMILES string of the molecule is [S-]CCN1CCCCCC1.[Y]. The summed E-state index contributed by atoms with van der Waals surface area (Å²) in [6.07, 6.45) is 5.62. The molecule has 1 aliphatic heterocycles. The normalized spacial score (nSPS) is 20.5. The average molecular weight is 247 g/mol. The Balaban J connectivity index is 0.000001000. The van der Waals surface area contributed by atoms with Crippen LogP contribution >= 0.6 is 0 Å². The molecule has 0 aliphatic carbocycles. The maximum absolute atomic E-state index is 4.94. The molecule has 1 fully saturated rings. The first-order valence-electron chi connectivity index (χ1n) is 4.24. The summed E-state index contributed by atoms with van der Waals surface area (Å²) in [5.41, 5.74) is 0. The second-order valence-corrected chi connectivity index (χ2v) is 3.37. The van der Waals surface area contributed by atoms with Gasteiger partial charge in [0, 0.05) is 32.7 Å². The molecule has 0 bridgehead atoms. The molecular weight excluding hydrogens is 231 g/mol. The molecule has 0 N–H and O–H groups in total. The van der Waals surface area contributed by atoms with Gasteiger partial charge in [-0.1, -0.05) is 12.8 Å². The Labute approximate surface area is 101 Å². The maximum atomic E-state index is 4.94. The van der Waals surface area contributed by atoms with Crippen molar-refractivity contribution in [3.63, 3.8) is 0 Å². The van der Waals surface area contributed by atoms with Gasteiger partial charge in [-0.15, -0.1) is 0 Å². The fraction of sp³-hybridized carbons (Fsp3) is 1.00. The van der Waals surface area contributed by atoms with Crippen LogP contribution in [0.3, 0.4) is 0 Å². The summed E-state index contributed by atoms with van der Waals surface area (Å²) >= 11 is 4.94. The van der Waals surface area contributed by atoms with Crippen LogP contribution in [-0.4, -0.2) is 30.3 Å². The van der Waals surface area contributed by atoms with E-state index in [0.29, 0.717) is 0 Å². The van der Waals surface area contributed by atoms with E-state index in [1.165, 1.54) is 38.8 Å². The molecule has 63 valence electrons. The molecule has 0 amide bonds. The summed E-state index contributed by atoms with van der Waals surface area (Å²) in [6, 6.07) is 0. The predicted molar refractivity (Wildman–Crippen MR) is 47.1 cm³/mol. The number of rotatable bonds is 2. The van der Waals surface area contributed by atoms with E-state index in [1.54, 1.807) is 0 Å². The summed E-state index contributed by atoms with van der Waals surface area (Å²) in [4.78, 5) is 2.50. The molecule has 0 unspecified atom stereocenters. The first kappa shape index (κ1) is 12.4. The van der Waals surface area contributed by atoms with Gasteiger partial charge in [-0.25, -0.2) is 0 Å². The Kier molecular flexibility index (Phi) is 9.06. The van der Waals surface area contributed by atoms with Crippen LogP contribution < -0.4 is 0 Å². The third kappa shape index (κ3) is 5.62. The zero-order valence-electron chi connectivity index (χ0n) is 7.09. The Hall–Kier alpha value is 1.41. The summed E-state index contributed by atoms with van der Waals surface area (Å²) in [5, 5.41) is 0. The maximum Gasteiger partial charge on any atom is 0 e. The van der Waals surface area contributed by atoms with Gasteiger partial charge in [0.25, 0.3) is 0 Å². The van der Waals surface area contributed by atoms with Crippen molar-refractivity contribution >= 4 is 12.6 Å². The molecule has 0 saturated carbocycles. The van der Waals surface area contributed by atoms with E-state index >= 15 is 0 Å². The van der Waals surface area contributed by atoms with E-state index in [0.717, 1.165) is 12.3 Å². The molecular formula is C8H16NSY-. The predicted octanol–water partition coefficient (Wildman–Crippen LogP) is 1.41. The summed E-state index contributed by atoms with van der Waals surface area (Å²) in [6.45, 7) is 3.71. The third-order valence-electron chi connectivity index (χ3n) is 2.11. The van der Waals surface area contributed by atoms with Crippen molar-refractivity contribution in [3.8, 4) is 0 Å². The number of likely N-dealkylation sites (tertiary alicyclic amines) is 1. The topological polar surface area (TPSA) is 3.24 Å². The van der Waals surface area contributed by atoms with Crippen molar-refractivity contribution in [2.24, 2.45) is 0 Å². The van der Waals surface area contributed by atoms with E-state index < -0.39 is 0 Å². The van der Waals surface area contributed by atoms with Gasteiger partial charge < -0.3 is 17.5 Å². The Bertz CT molecular complexity index is 82.2. The second kappa shape index (κ2) is 8.03. The van der Waals surface area contributed by atoms with Crippen LogP contribution in [0.25, 0.3) is 0 Å². The van der Waals surface area contributed by atoms with Crippen molar-refractivity contribution < 1.29 is 32.7 Å². The zero-order chi connectivity index (χ0) is 7.23. The monoisotopic (exact) mass is 247 g/mol. The number of nitrogens with zero attached hydrogens (tertiary/aromatic N) is 1. The first-order chi connectivity index (χ1) is 4.93. The van der Waals surface area contributed by atoms with Crippen LogP contribution in [0.5, 0.6) is 0 Å². The fourth-order valence-corrected chi connectivity index (χ4v) is 1.75. The quantitative estimate of drug-likeness (QED) is 0.679. The molecule has 0 aromatic heterocycles. The molecule has 1 aliphatic rings. The van der Waals surface area contributed by atoms with Gasteiger partial charge in [-0.3, -0.25) is 0 Å².